The quantitative estimate of drug-likeness (QED) is 0.622. The molecule has 0 unspecified atom stereocenters. The van der Waals surface area contributed by atoms with E-state index in [1.807, 2.05) is 0 Å². The molecule has 0 saturated carbocycles. The first kappa shape index (κ1) is 12.6. The van der Waals surface area contributed by atoms with Gasteiger partial charge in [-0.05, 0) is 12.0 Å². The second-order valence-corrected chi connectivity index (χ2v) is 3.23. The molecule has 2 N–H and O–H groups in total. The van der Waals surface area contributed by atoms with E-state index >= 15 is 0 Å². The fourth-order valence-electron chi connectivity index (χ4n) is 1.43. The number of rotatable bonds is 4. The Labute approximate surface area is 95.3 Å². The number of benzene rings is 1. The summed E-state index contributed by atoms with van der Waals surface area (Å²) < 4.78 is 0. The number of amides is 1. The van der Waals surface area contributed by atoms with Crippen molar-refractivity contribution in [3.8, 4) is 0 Å². The first-order valence-electron chi connectivity index (χ1n) is 4.64. The fourth-order valence-corrected chi connectivity index (χ4v) is 1.43. The third-order valence-corrected chi connectivity index (χ3v) is 2.24. The molecule has 17 heavy (non-hydrogen) atoms. The van der Waals surface area contributed by atoms with Crippen LogP contribution in [0.5, 0.6) is 0 Å². The Hall–Kier alpha value is -2.51. The SMILES string of the molecule is CCc1cc([N+](=O)[O-])c([N+](=O)[O-])cc1C(N)=O. The second kappa shape index (κ2) is 4.56. The summed E-state index contributed by atoms with van der Waals surface area (Å²) in [6, 6.07) is 1.86. The zero-order valence-electron chi connectivity index (χ0n) is 8.87. The summed E-state index contributed by atoms with van der Waals surface area (Å²) in [5.41, 5.74) is 3.93. The maximum atomic E-state index is 11.1. The third kappa shape index (κ3) is 2.36. The molecule has 0 fully saturated rings. The topological polar surface area (TPSA) is 129 Å². The number of hydrogen-bond acceptors (Lipinski definition) is 5. The van der Waals surface area contributed by atoms with Gasteiger partial charge in [-0.1, -0.05) is 6.92 Å². The zero-order chi connectivity index (χ0) is 13.2. The van der Waals surface area contributed by atoms with Gasteiger partial charge in [0.05, 0.1) is 9.85 Å². The minimum atomic E-state index is -0.913. The second-order valence-electron chi connectivity index (χ2n) is 3.23. The average molecular weight is 239 g/mol. The first-order valence-corrected chi connectivity index (χ1v) is 4.64. The lowest BCUT2D eigenvalue weighted by Crippen LogP contribution is -2.14. The van der Waals surface area contributed by atoms with E-state index < -0.39 is 27.1 Å². The molecule has 8 heteroatoms. The van der Waals surface area contributed by atoms with Crippen molar-refractivity contribution >= 4 is 17.3 Å². The van der Waals surface area contributed by atoms with Gasteiger partial charge in [-0.3, -0.25) is 25.0 Å². The number of primary amides is 1. The van der Waals surface area contributed by atoms with Crippen LogP contribution in [0.15, 0.2) is 12.1 Å². The molecule has 0 saturated heterocycles. The molecule has 0 spiro atoms. The van der Waals surface area contributed by atoms with Crippen LogP contribution in [0.3, 0.4) is 0 Å². The van der Waals surface area contributed by atoms with Crippen molar-refractivity contribution in [2.75, 3.05) is 0 Å². The summed E-state index contributed by atoms with van der Waals surface area (Å²) in [6.07, 6.45) is 0.317. The van der Waals surface area contributed by atoms with Crippen molar-refractivity contribution in [1.82, 2.24) is 0 Å². The van der Waals surface area contributed by atoms with Crippen LogP contribution in [-0.2, 0) is 6.42 Å². The maximum absolute atomic E-state index is 11.1. The number of hydrogen-bond donors (Lipinski definition) is 1. The van der Waals surface area contributed by atoms with Crippen molar-refractivity contribution in [3.63, 3.8) is 0 Å². The molecule has 0 radical (unpaired) electrons. The minimum Gasteiger partial charge on any atom is -0.366 e. The minimum absolute atomic E-state index is 0.0650. The smallest absolute Gasteiger partial charge is 0.346 e. The molecule has 0 aliphatic carbocycles. The molecule has 8 nitrogen and oxygen atoms in total. The van der Waals surface area contributed by atoms with Gasteiger partial charge in [0.1, 0.15) is 0 Å². The Bertz CT molecular complexity index is 512. The zero-order valence-corrected chi connectivity index (χ0v) is 8.87. The number of nitro benzene ring substituents is 2. The Kier molecular flexibility index (Phi) is 3.37. The van der Waals surface area contributed by atoms with Crippen molar-refractivity contribution in [2.24, 2.45) is 5.73 Å². The van der Waals surface area contributed by atoms with E-state index in [1.54, 1.807) is 6.92 Å². The van der Waals surface area contributed by atoms with Crippen LogP contribution in [0, 0.1) is 20.2 Å². The molecular weight excluding hydrogens is 230 g/mol. The molecule has 1 aromatic carbocycles. The van der Waals surface area contributed by atoms with Gasteiger partial charge in [-0.15, -0.1) is 0 Å². The molecule has 1 aromatic rings. The third-order valence-electron chi connectivity index (χ3n) is 2.24. The molecule has 0 aliphatic heterocycles. The number of nitrogens with zero attached hydrogens (tertiary/aromatic N) is 2. The van der Waals surface area contributed by atoms with Crippen molar-refractivity contribution < 1.29 is 14.6 Å². The van der Waals surface area contributed by atoms with E-state index in [0.29, 0.717) is 12.0 Å². The summed E-state index contributed by atoms with van der Waals surface area (Å²) >= 11 is 0. The maximum Gasteiger partial charge on any atom is 0.346 e. The van der Waals surface area contributed by atoms with Crippen molar-refractivity contribution in [1.29, 1.82) is 0 Å². The summed E-state index contributed by atoms with van der Waals surface area (Å²) in [7, 11) is 0. The molecule has 0 atom stereocenters. The molecule has 1 rings (SSSR count). The first-order chi connectivity index (χ1) is 7.88. The number of nitrogens with two attached hydrogens (primary N) is 1. The van der Waals surface area contributed by atoms with Crippen LogP contribution in [0.25, 0.3) is 0 Å². The van der Waals surface area contributed by atoms with Gasteiger partial charge in [0.15, 0.2) is 0 Å². The van der Waals surface area contributed by atoms with E-state index in [1.165, 1.54) is 0 Å². The lowest BCUT2D eigenvalue weighted by Gasteiger charge is -2.04. The van der Waals surface area contributed by atoms with E-state index in [0.717, 1.165) is 12.1 Å². The van der Waals surface area contributed by atoms with E-state index in [2.05, 4.69) is 0 Å². The van der Waals surface area contributed by atoms with Crippen LogP contribution >= 0.6 is 0 Å². The van der Waals surface area contributed by atoms with Gasteiger partial charge < -0.3 is 5.73 Å². The largest absolute Gasteiger partial charge is 0.366 e. The summed E-state index contributed by atoms with van der Waals surface area (Å²) in [5.74, 6) is -0.847. The van der Waals surface area contributed by atoms with Crippen molar-refractivity contribution in [3.05, 3.63) is 43.5 Å². The van der Waals surface area contributed by atoms with Gasteiger partial charge in [0.25, 0.3) is 0 Å². The monoisotopic (exact) mass is 239 g/mol. The molecule has 0 heterocycles. The summed E-state index contributed by atoms with van der Waals surface area (Å²) in [5, 5.41) is 21.3. The van der Waals surface area contributed by atoms with E-state index in [9.17, 15) is 25.0 Å². The van der Waals surface area contributed by atoms with Gasteiger partial charge in [-0.2, -0.15) is 0 Å². The molecule has 0 aromatic heterocycles. The molecule has 0 aliphatic rings. The summed E-state index contributed by atoms with van der Waals surface area (Å²) in [4.78, 5) is 30.6. The lowest BCUT2D eigenvalue weighted by molar-refractivity contribution is -0.422. The molecule has 0 bridgehead atoms. The Morgan fingerprint density at radius 1 is 1.24 bits per heavy atom. The standard InChI is InChI=1S/C9H9N3O5/c1-2-5-3-7(11(14)15)8(12(16)17)4-6(5)9(10)13/h3-4H,2H2,1H3,(H2,10,13). The average Bonchev–Trinajstić information content (AvgIpc) is 2.26. The predicted molar refractivity (Wildman–Crippen MR) is 57.6 cm³/mol. The Balaban J connectivity index is 3.59. The number of carbonyl (C=O) groups is 1. The highest BCUT2D eigenvalue weighted by Crippen LogP contribution is 2.30. The van der Waals surface area contributed by atoms with Crippen LogP contribution < -0.4 is 5.73 Å². The van der Waals surface area contributed by atoms with Crippen LogP contribution in [0.1, 0.15) is 22.8 Å². The highest BCUT2D eigenvalue weighted by atomic mass is 16.6. The Morgan fingerprint density at radius 2 is 1.71 bits per heavy atom. The van der Waals surface area contributed by atoms with Crippen LogP contribution in [0.4, 0.5) is 11.4 Å². The Morgan fingerprint density at radius 3 is 2.06 bits per heavy atom. The number of aryl methyl sites for hydroxylation is 1. The van der Waals surface area contributed by atoms with E-state index in [-0.39, 0.29) is 5.56 Å². The number of nitro groups is 2. The normalized spacial score (nSPS) is 9.94. The highest BCUT2D eigenvalue weighted by Gasteiger charge is 2.27. The highest BCUT2D eigenvalue weighted by molar-refractivity contribution is 5.95. The van der Waals surface area contributed by atoms with Gasteiger partial charge in [-0.25, -0.2) is 0 Å². The van der Waals surface area contributed by atoms with Gasteiger partial charge in [0, 0.05) is 17.7 Å². The molecule has 1 amide bonds. The van der Waals surface area contributed by atoms with Crippen LogP contribution in [0.2, 0.25) is 0 Å². The molecular formula is C9H9N3O5. The fraction of sp³-hybridized carbons (Fsp3) is 0.222. The lowest BCUT2D eigenvalue weighted by atomic mass is 10.0. The van der Waals surface area contributed by atoms with Crippen molar-refractivity contribution in [2.45, 2.75) is 13.3 Å². The summed E-state index contributed by atoms with van der Waals surface area (Å²) in [6.45, 7) is 1.66. The number of carbonyl (C=O) groups excluding carboxylic acids is 1. The predicted octanol–water partition coefficient (Wildman–Crippen LogP) is 1.16. The van der Waals surface area contributed by atoms with Crippen LogP contribution in [-0.4, -0.2) is 15.8 Å². The van der Waals surface area contributed by atoms with E-state index in [4.69, 9.17) is 5.73 Å². The molecule has 90 valence electrons. The van der Waals surface area contributed by atoms with Gasteiger partial charge >= 0.3 is 11.4 Å². The van der Waals surface area contributed by atoms with Gasteiger partial charge in [0.2, 0.25) is 5.91 Å².